The Kier molecular flexibility index (Phi) is 7.28. The molecule has 0 unspecified atom stereocenters. The third-order valence-corrected chi connectivity index (χ3v) is 4.94. The number of nitrogens with zero attached hydrogens (tertiary/aromatic N) is 1. The zero-order valence-corrected chi connectivity index (χ0v) is 16.6. The molecule has 2 N–H and O–H groups in total. The highest BCUT2D eigenvalue weighted by atomic mass is 16.5. The van der Waals surface area contributed by atoms with Crippen LogP contribution in [0.5, 0.6) is 5.75 Å². The van der Waals surface area contributed by atoms with Crippen molar-refractivity contribution in [2.45, 2.75) is 26.1 Å². The fourth-order valence-electron chi connectivity index (χ4n) is 3.31. The average Bonchev–Trinajstić information content (AvgIpc) is 2.74. The van der Waals surface area contributed by atoms with Crippen molar-refractivity contribution in [3.63, 3.8) is 0 Å². The first-order chi connectivity index (χ1) is 13.7. The summed E-state index contributed by atoms with van der Waals surface area (Å²) >= 11 is 0. The Balaban J connectivity index is 1.46. The van der Waals surface area contributed by atoms with E-state index >= 15 is 0 Å². The van der Waals surface area contributed by atoms with E-state index in [0.717, 1.165) is 49.7 Å². The molecule has 1 aliphatic heterocycles. The molecular formula is C22H29N3O3. The molecule has 1 fully saturated rings. The molecule has 0 aromatic heterocycles. The van der Waals surface area contributed by atoms with Crippen LogP contribution in [-0.4, -0.2) is 44.3 Å². The zero-order chi connectivity index (χ0) is 19.8. The summed E-state index contributed by atoms with van der Waals surface area (Å²) in [5.74, 6) is 0.770. The van der Waals surface area contributed by atoms with Gasteiger partial charge in [0.15, 0.2) is 0 Å². The van der Waals surface area contributed by atoms with E-state index in [2.05, 4.69) is 39.8 Å². The highest BCUT2D eigenvalue weighted by molar-refractivity contribution is 5.74. The fraction of sp³-hybridized carbons (Fsp3) is 0.409. The van der Waals surface area contributed by atoms with Gasteiger partial charge in [-0.15, -0.1) is 0 Å². The standard InChI is InChI=1S/C22H29N3O3/c1-17(20-5-3-4-6-21(20)27-2)24-22(26)23-15-18-7-9-19(10-8-18)16-25-11-13-28-14-12-25/h3-10,17H,11-16H2,1-2H3,(H2,23,24,26)/t17-/m1/s1. The average molecular weight is 383 g/mol. The number of hydrogen-bond donors (Lipinski definition) is 2. The van der Waals surface area contributed by atoms with E-state index in [1.54, 1.807) is 7.11 Å². The Labute approximate surface area is 166 Å². The van der Waals surface area contributed by atoms with Crippen molar-refractivity contribution in [1.82, 2.24) is 15.5 Å². The summed E-state index contributed by atoms with van der Waals surface area (Å²) in [7, 11) is 1.63. The summed E-state index contributed by atoms with van der Waals surface area (Å²) in [4.78, 5) is 14.6. The Hall–Kier alpha value is -2.57. The third-order valence-electron chi connectivity index (χ3n) is 4.94. The van der Waals surface area contributed by atoms with Crippen molar-refractivity contribution in [1.29, 1.82) is 0 Å². The van der Waals surface area contributed by atoms with Crippen LogP contribution in [-0.2, 0) is 17.8 Å². The lowest BCUT2D eigenvalue weighted by Crippen LogP contribution is -2.36. The number of morpholine rings is 1. The maximum absolute atomic E-state index is 12.2. The first-order valence-corrected chi connectivity index (χ1v) is 9.71. The van der Waals surface area contributed by atoms with E-state index in [9.17, 15) is 4.79 Å². The lowest BCUT2D eigenvalue weighted by atomic mass is 10.1. The molecule has 3 rings (SSSR count). The predicted molar refractivity (Wildman–Crippen MR) is 109 cm³/mol. The molecule has 6 nitrogen and oxygen atoms in total. The van der Waals surface area contributed by atoms with Crippen molar-refractivity contribution < 1.29 is 14.3 Å². The SMILES string of the molecule is COc1ccccc1[C@@H](C)NC(=O)NCc1ccc(CN2CCOCC2)cc1. The van der Waals surface area contributed by atoms with Crippen molar-refractivity contribution in [2.75, 3.05) is 33.4 Å². The molecule has 0 bridgehead atoms. The quantitative estimate of drug-likeness (QED) is 0.771. The molecule has 150 valence electrons. The van der Waals surface area contributed by atoms with Gasteiger partial charge in [-0.1, -0.05) is 42.5 Å². The Morgan fingerprint density at radius 3 is 2.50 bits per heavy atom. The number of methoxy groups -OCH3 is 1. The van der Waals surface area contributed by atoms with Gasteiger partial charge in [-0.25, -0.2) is 4.79 Å². The number of rotatable bonds is 7. The second kappa shape index (κ2) is 10.1. The van der Waals surface area contributed by atoms with Gasteiger partial charge in [0.05, 0.1) is 26.4 Å². The number of benzene rings is 2. The minimum absolute atomic E-state index is 0.146. The molecule has 0 spiro atoms. The summed E-state index contributed by atoms with van der Waals surface area (Å²) in [5.41, 5.74) is 3.30. The van der Waals surface area contributed by atoms with E-state index in [1.165, 1.54) is 5.56 Å². The number of nitrogens with one attached hydrogen (secondary N) is 2. The van der Waals surface area contributed by atoms with Crippen molar-refractivity contribution >= 4 is 6.03 Å². The summed E-state index contributed by atoms with van der Waals surface area (Å²) in [5, 5.41) is 5.88. The molecule has 28 heavy (non-hydrogen) atoms. The van der Waals surface area contributed by atoms with Crippen LogP contribution in [0.15, 0.2) is 48.5 Å². The van der Waals surface area contributed by atoms with E-state index in [4.69, 9.17) is 9.47 Å². The van der Waals surface area contributed by atoms with Gasteiger partial charge in [-0.3, -0.25) is 4.90 Å². The number of ether oxygens (including phenoxy) is 2. The minimum atomic E-state index is -0.198. The van der Waals surface area contributed by atoms with Crippen LogP contribution in [0.25, 0.3) is 0 Å². The van der Waals surface area contributed by atoms with Crippen LogP contribution in [0, 0.1) is 0 Å². The maximum Gasteiger partial charge on any atom is 0.315 e. The van der Waals surface area contributed by atoms with Crippen LogP contribution < -0.4 is 15.4 Å². The van der Waals surface area contributed by atoms with Crippen LogP contribution >= 0.6 is 0 Å². The highest BCUT2D eigenvalue weighted by Crippen LogP contribution is 2.24. The molecule has 1 aliphatic rings. The second-order valence-electron chi connectivity index (χ2n) is 7.00. The zero-order valence-electron chi connectivity index (χ0n) is 16.6. The number of urea groups is 1. The van der Waals surface area contributed by atoms with Gasteiger partial charge in [-0.05, 0) is 24.1 Å². The first kappa shape index (κ1) is 20.2. The van der Waals surface area contributed by atoms with Gasteiger partial charge in [0.25, 0.3) is 0 Å². The molecule has 2 amide bonds. The summed E-state index contributed by atoms with van der Waals surface area (Å²) in [6.45, 7) is 6.95. The minimum Gasteiger partial charge on any atom is -0.496 e. The smallest absolute Gasteiger partial charge is 0.315 e. The molecule has 1 atom stereocenters. The molecule has 0 radical (unpaired) electrons. The second-order valence-corrected chi connectivity index (χ2v) is 7.00. The van der Waals surface area contributed by atoms with Gasteiger partial charge in [0, 0.05) is 31.7 Å². The monoisotopic (exact) mass is 383 g/mol. The van der Waals surface area contributed by atoms with Crippen molar-refractivity contribution in [2.24, 2.45) is 0 Å². The van der Waals surface area contributed by atoms with Crippen LogP contribution in [0.1, 0.15) is 29.7 Å². The third kappa shape index (κ3) is 5.71. The molecule has 0 aliphatic carbocycles. The predicted octanol–water partition coefficient (Wildman–Crippen LogP) is 3.09. The van der Waals surface area contributed by atoms with E-state index in [0.29, 0.717) is 6.54 Å². The molecule has 1 heterocycles. The van der Waals surface area contributed by atoms with Gasteiger partial charge in [-0.2, -0.15) is 0 Å². The molecule has 6 heteroatoms. The molecule has 1 saturated heterocycles. The topological polar surface area (TPSA) is 62.8 Å². The van der Waals surface area contributed by atoms with Gasteiger partial charge >= 0.3 is 6.03 Å². The number of amides is 2. The van der Waals surface area contributed by atoms with E-state index in [-0.39, 0.29) is 12.1 Å². The summed E-state index contributed by atoms with van der Waals surface area (Å²) in [6.07, 6.45) is 0. The normalized spacial score (nSPS) is 15.6. The van der Waals surface area contributed by atoms with Gasteiger partial charge < -0.3 is 20.1 Å². The van der Waals surface area contributed by atoms with Crippen molar-refractivity contribution in [3.05, 3.63) is 65.2 Å². The van der Waals surface area contributed by atoms with Crippen LogP contribution in [0.4, 0.5) is 4.79 Å². The molecule has 2 aromatic rings. The number of carbonyl (C=O) groups is 1. The maximum atomic E-state index is 12.2. The highest BCUT2D eigenvalue weighted by Gasteiger charge is 2.13. The molecule has 2 aromatic carbocycles. The Bertz CT molecular complexity index is 758. The van der Waals surface area contributed by atoms with E-state index < -0.39 is 0 Å². The fourth-order valence-corrected chi connectivity index (χ4v) is 3.31. The molecule has 0 saturated carbocycles. The van der Waals surface area contributed by atoms with Crippen LogP contribution in [0.3, 0.4) is 0 Å². The number of carbonyl (C=O) groups excluding carboxylic acids is 1. The van der Waals surface area contributed by atoms with Gasteiger partial charge in [0.2, 0.25) is 0 Å². The lowest BCUT2D eigenvalue weighted by Gasteiger charge is -2.26. The van der Waals surface area contributed by atoms with Crippen molar-refractivity contribution in [3.8, 4) is 5.75 Å². The lowest BCUT2D eigenvalue weighted by molar-refractivity contribution is 0.0342. The molecular weight excluding hydrogens is 354 g/mol. The Morgan fingerprint density at radius 2 is 1.79 bits per heavy atom. The first-order valence-electron chi connectivity index (χ1n) is 9.71. The number of para-hydroxylation sites is 1. The Morgan fingerprint density at radius 1 is 1.11 bits per heavy atom. The largest absolute Gasteiger partial charge is 0.496 e. The summed E-state index contributed by atoms with van der Waals surface area (Å²) in [6, 6.07) is 15.7. The van der Waals surface area contributed by atoms with Gasteiger partial charge in [0.1, 0.15) is 5.75 Å². The van der Waals surface area contributed by atoms with Crippen LogP contribution in [0.2, 0.25) is 0 Å². The summed E-state index contributed by atoms with van der Waals surface area (Å²) < 4.78 is 10.7. The number of hydrogen-bond acceptors (Lipinski definition) is 4. The van der Waals surface area contributed by atoms with E-state index in [1.807, 2.05) is 31.2 Å².